The molecular weight excluding hydrogens is 256 g/mol. The van der Waals surface area contributed by atoms with E-state index in [1.165, 1.54) is 4.90 Å². The number of carbonyl (C=O) groups excluding carboxylic acids is 2. The van der Waals surface area contributed by atoms with Gasteiger partial charge in [-0.2, -0.15) is 5.10 Å². The number of benzene rings is 1. The molecular formula is C14H16N4O2. The van der Waals surface area contributed by atoms with Crippen molar-refractivity contribution in [2.24, 2.45) is 0 Å². The summed E-state index contributed by atoms with van der Waals surface area (Å²) in [5.74, 6) is -0.396. The van der Waals surface area contributed by atoms with Gasteiger partial charge in [-0.1, -0.05) is 18.2 Å². The molecule has 0 bridgehead atoms. The van der Waals surface area contributed by atoms with Crippen LogP contribution in [0.2, 0.25) is 0 Å². The summed E-state index contributed by atoms with van der Waals surface area (Å²) < 4.78 is 1.89. The molecule has 2 amide bonds. The quantitative estimate of drug-likeness (QED) is 0.827. The molecule has 0 atom stereocenters. The molecule has 2 aromatic rings. The lowest BCUT2D eigenvalue weighted by Gasteiger charge is -2.24. The van der Waals surface area contributed by atoms with Gasteiger partial charge in [0.2, 0.25) is 11.8 Å². The smallest absolute Gasteiger partial charge is 0.243 e. The summed E-state index contributed by atoms with van der Waals surface area (Å²) in [7, 11) is 0. The van der Waals surface area contributed by atoms with Crippen molar-refractivity contribution in [1.29, 1.82) is 0 Å². The number of nitrogens with zero attached hydrogens (tertiary/aromatic N) is 3. The fraction of sp³-hybridized carbons (Fsp3) is 0.357. The van der Waals surface area contributed by atoms with Gasteiger partial charge < -0.3 is 0 Å². The van der Waals surface area contributed by atoms with Crippen LogP contribution in [0.25, 0.3) is 10.9 Å². The normalized spacial score (nSPS) is 16.1. The Morgan fingerprint density at radius 1 is 1.20 bits per heavy atom. The lowest BCUT2D eigenvalue weighted by atomic mass is 10.2. The predicted molar refractivity (Wildman–Crippen MR) is 73.8 cm³/mol. The van der Waals surface area contributed by atoms with Gasteiger partial charge in [0.25, 0.3) is 0 Å². The lowest BCUT2D eigenvalue weighted by Crippen LogP contribution is -2.51. The minimum atomic E-state index is -0.198. The van der Waals surface area contributed by atoms with Gasteiger partial charge in [0.05, 0.1) is 30.8 Å². The zero-order chi connectivity index (χ0) is 14.1. The van der Waals surface area contributed by atoms with Crippen molar-refractivity contribution < 1.29 is 9.59 Å². The second kappa shape index (κ2) is 5.05. The number of amides is 2. The Labute approximate surface area is 116 Å². The Hall–Kier alpha value is -2.21. The molecule has 1 saturated heterocycles. The minimum Gasteiger partial charge on any atom is -0.300 e. The zero-order valence-corrected chi connectivity index (χ0v) is 11.3. The number of nitrogens with one attached hydrogen (secondary N) is 1. The van der Waals surface area contributed by atoms with Gasteiger partial charge in [0, 0.05) is 11.9 Å². The molecule has 1 aliphatic rings. The average molecular weight is 272 g/mol. The number of aromatic nitrogens is 2. The Balaban J connectivity index is 1.98. The first-order valence-electron chi connectivity index (χ1n) is 6.69. The number of carbonyl (C=O) groups is 2. The minimum absolute atomic E-state index is 0.198. The summed E-state index contributed by atoms with van der Waals surface area (Å²) in [4.78, 5) is 24.9. The third-order valence-corrected chi connectivity index (χ3v) is 3.50. The van der Waals surface area contributed by atoms with Gasteiger partial charge in [0.1, 0.15) is 0 Å². The maximum Gasteiger partial charge on any atom is 0.243 e. The highest BCUT2D eigenvalue weighted by Crippen LogP contribution is 2.20. The van der Waals surface area contributed by atoms with E-state index in [1.807, 2.05) is 35.9 Å². The lowest BCUT2D eigenvalue weighted by molar-refractivity contribution is -0.147. The van der Waals surface area contributed by atoms with Gasteiger partial charge >= 0.3 is 0 Å². The fourth-order valence-electron chi connectivity index (χ4n) is 2.49. The van der Waals surface area contributed by atoms with E-state index in [0.29, 0.717) is 0 Å². The van der Waals surface area contributed by atoms with Crippen molar-refractivity contribution in [3.63, 3.8) is 0 Å². The first kappa shape index (κ1) is 12.8. The number of fused-ring (bicyclic) bond motifs is 1. The van der Waals surface area contributed by atoms with Crippen LogP contribution in [0.1, 0.15) is 12.6 Å². The molecule has 1 aliphatic heterocycles. The molecule has 104 valence electrons. The van der Waals surface area contributed by atoms with Crippen molar-refractivity contribution >= 4 is 22.7 Å². The maximum atomic E-state index is 11.8. The molecule has 0 unspecified atom stereocenters. The summed E-state index contributed by atoms with van der Waals surface area (Å²) in [6, 6.07) is 7.87. The largest absolute Gasteiger partial charge is 0.300 e. The molecule has 2 heterocycles. The van der Waals surface area contributed by atoms with Crippen LogP contribution in [-0.2, 0) is 22.7 Å². The molecule has 1 N–H and O–H groups in total. The van der Waals surface area contributed by atoms with E-state index < -0.39 is 0 Å². The van der Waals surface area contributed by atoms with E-state index in [1.54, 1.807) is 0 Å². The SMILES string of the molecule is CCn1nc(CN2C(=O)CNCC2=O)c2ccccc21. The van der Waals surface area contributed by atoms with Crippen LogP contribution in [0.15, 0.2) is 24.3 Å². The van der Waals surface area contributed by atoms with Gasteiger partial charge in [-0.3, -0.25) is 24.5 Å². The highest BCUT2D eigenvalue weighted by molar-refractivity contribution is 5.99. The molecule has 1 aromatic heterocycles. The first-order valence-corrected chi connectivity index (χ1v) is 6.69. The molecule has 20 heavy (non-hydrogen) atoms. The maximum absolute atomic E-state index is 11.8. The number of imide groups is 1. The van der Waals surface area contributed by atoms with Crippen molar-refractivity contribution in [2.75, 3.05) is 13.1 Å². The molecule has 0 aliphatic carbocycles. The van der Waals surface area contributed by atoms with E-state index in [4.69, 9.17) is 0 Å². The van der Waals surface area contributed by atoms with Crippen LogP contribution in [0, 0.1) is 0 Å². The molecule has 3 rings (SSSR count). The van der Waals surface area contributed by atoms with Gasteiger partial charge in [0.15, 0.2) is 0 Å². The van der Waals surface area contributed by atoms with Gasteiger partial charge in [-0.15, -0.1) is 0 Å². The molecule has 6 heteroatoms. The molecule has 0 radical (unpaired) electrons. The average Bonchev–Trinajstić information content (AvgIpc) is 2.81. The molecule has 6 nitrogen and oxygen atoms in total. The summed E-state index contributed by atoms with van der Waals surface area (Å²) >= 11 is 0. The van der Waals surface area contributed by atoms with Gasteiger partial charge in [-0.05, 0) is 13.0 Å². The zero-order valence-electron chi connectivity index (χ0n) is 11.3. The van der Waals surface area contributed by atoms with Crippen molar-refractivity contribution in [2.45, 2.75) is 20.0 Å². The second-order valence-electron chi connectivity index (χ2n) is 4.76. The number of hydrogen-bond acceptors (Lipinski definition) is 4. The molecule has 1 fully saturated rings. The van der Waals surface area contributed by atoms with Crippen LogP contribution in [-0.4, -0.2) is 39.6 Å². The van der Waals surface area contributed by atoms with E-state index in [0.717, 1.165) is 23.1 Å². The second-order valence-corrected chi connectivity index (χ2v) is 4.76. The Kier molecular flexibility index (Phi) is 3.23. The molecule has 0 spiro atoms. The monoisotopic (exact) mass is 272 g/mol. The molecule has 1 aromatic carbocycles. The summed E-state index contributed by atoms with van der Waals surface area (Å²) in [6.07, 6.45) is 0. The topological polar surface area (TPSA) is 67.2 Å². The third-order valence-electron chi connectivity index (χ3n) is 3.50. The highest BCUT2D eigenvalue weighted by Gasteiger charge is 2.27. The van der Waals surface area contributed by atoms with E-state index in [2.05, 4.69) is 10.4 Å². The number of rotatable bonds is 3. The summed E-state index contributed by atoms with van der Waals surface area (Å²) in [6.45, 7) is 3.43. The number of para-hydroxylation sites is 1. The summed E-state index contributed by atoms with van der Waals surface area (Å²) in [5, 5.41) is 8.30. The molecule has 0 saturated carbocycles. The van der Waals surface area contributed by atoms with Gasteiger partial charge in [-0.25, -0.2) is 0 Å². The van der Waals surface area contributed by atoms with Crippen LogP contribution in [0.5, 0.6) is 0 Å². The van der Waals surface area contributed by atoms with E-state index in [9.17, 15) is 9.59 Å². The first-order chi connectivity index (χ1) is 9.70. The predicted octanol–water partition coefficient (Wildman–Crippen LogP) is 0.515. The number of piperazine rings is 1. The third kappa shape index (κ3) is 2.08. The van der Waals surface area contributed by atoms with Crippen molar-refractivity contribution in [3.05, 3.63) is 30.0 Å². The van der Waals surface area contributed by atoms with Crippen LogP contribution in [0.3, 0.4) is 0 Å². The standard InChI is InChI=1S/C14H16N4O2/c1-2-18-12-6-4-3-5-10(12)11(16-18)9-17-13(19)7-15-8-14(17)20/h3-6,15H,2,7-9H2,1H3. The van der Waals surface area contributed by atoms with Crippen molar-refractivity contribution in [1.82, 2.24) is 20.0 Å². The Morgan fingerprint density at radius 2 is 1.90 bits per heavy atom. The van der Waals surface area contributed by atoms with E-state index in [-0.39, 0.29) is 31.4 Å². The Morgan fingerprint density at radius 3 is 2.60 bits per heavy atom. The van der Waals surface area contributed by atoms with Crippen LogP contribution in [0.4, 0.5) is 0 Å². The van der Waals surface area contributed by atoms with E-state index >= 15 is 0 Å². The van der Waals surface area contributed by atoms with Crippen molar-refractivity contribution in [3.8, 4) is 0 Å². The van der Waals surface area contributed by atoms with Crippen LogP contribution >= 0.6 is 0 Å². The number of aryl methyl sites for hydroxylation is 1. The summed E-state index contributed by atoms with van der Waals surface area (Å²) in [5.41, 5.74) is 1.80. The number of hydrogen-bond donors (Lipinski definition) is 1. The fourth-order valence-corrected chi connectivity index (χ4v) is 2.49. The Bertz CT molecular complexity index is 661. The highest BCUT2D eigenvalue weighted by atomic mass is 16.2. The van der Waals surface area contributed by atoms with Crippen LogP contribution < -0.4 is 5.32 Å².